The van der Waals surface area contributed by atoms with E-state index in [1.165, 1.54) is 0 Å². The lowest BCUT2D eigenvalue weighted by atomic mass is 10.0. The molecule has 0 unspecified atom stereocenters. The summed E-state index contributed by atoms with van der Waals surface area (Å²) < 4.78 is 86.4. The highest BCUT2D eigenvalue weighted by Crippen LogP contribution is 2.39. The van der Waals surface area contributed by atoms with Crippen LogP contribution in [-0.2, 0) is 4.79 Å². The first kappa shape index (κ1) is 18.5. The molecule has 0 aliphatic heterocycles. The van der Waals surface area contributed by atoms with Gasteiger partial charge in [-0.15, -0.1) is 0 Å². The highest BCUT2D eigenvalue weighted by atomic mass is 35.5. The monoisotopic (exact) mass is 316 g/mol. The third-order valence-electron chi connectivity index (χ3n) is 2.41. The van der Waals surface area contributed by atoms with Crippen LogP contribution in [-0.4, -0.2) is 23.3 Å². The molecule has 0 fully saturated rings. The molecule has 0 aliphatic rings. The Hall–Kier alpha value is -0.530. The molecule has 0 saturated carbocycles. The van der Waals surface area contributed by atoms with Gasteiger partial charge < -0.3 is 0 Å². The van der Waals surface area contributed by atoms with E-state index < -0.39 is 42.5 Å². The Bertz CT molecular complexity index is 301. The zero-order valence-electron chi connectivity index (χ0n) is 9.67. The molecule has 1 nitrogen and oxygen atoms in total. The first-order valence-corrected chi connectivity index (χ1v) is 5.80. The molecule has 19 heavy (non-hydrogen) atoms. The third-order valence-corrected chi connectivity index (χ3v) is 2.64. The van der Waals surface area contributed by atoms with E-state index in [0.717, 1.165) is 0 Å². The van der Waals surface area contributed by atoms with Crippen LogP contribution >= 0.6 is 11.6 Å². The Kier molecular flexibility index (Phi) is 6.57. The van der Waals surface area contributed by atoms with Crippen molar-refractivity contribution in [3.63, 3.8) is 0 Å². The summed E-state index contributed by atoms with van der Waals surface area (Å²) in [5.74, 6) is -9.55. The van der Waals surface area contributed by atoms with Crippen molar-refractivity contribution in [1.82, 2.24) is 0 Å². The molecule has 0 aromatic rings. The van der Waals surface area contributed by atoms with Crippen LogP contribution in [0.4, 0.5) is 30.7 Å². The van der Waals surface area contributed by atoms with Gasteiger partial charge in [0.15, 0.2) is 0 Å². The molecule has 0 radical (unpaired) electrons. The van der Waals surface area contributed by atoms with E-state index in [4.69, 9.17) is 0 Å². The maximum absolute atomic E-state index is 12.9. The molecule has 0 saturated heterocycles. The van der Waals surface area contributed by atoms with Crippen molar-refractivity contribution in [2.75, 3.05) is 0 Å². The van der Waals surface area contributed by atoms with Crippen molar-refractivity contribution < 1.29 is 35.5 Å². The van der Waals surface area contributed by atoms with Gasteiger partial charge in [0.25, 0.3) is 5.24 Å². The summed E-state index contributed by atoms with van der Waals surface area (Å²) in [5, 5.41) is -2.45. The van der Waals surface area contributed by atoms with Crippen LogP contribution in [0.25, 0.3) is 0 Å². The molecule has 0 spiro atoms. The summed E-state index contributed by atoms with van der Waals surface area (Å²) in [6, 6.07) is 0. The average molecular weight is 317 g/mol. The van der Waals surface area contributed by atoms with E-state index in [0.29, 0.717) is 0 Å². The molecule has 0 N–H and O–H groups in total. The fraction of sp³-hybridized carbons (Fsp3) is 0.900. The molecule has 9 heteroatoms. The van der Waals surface area contributed by atoms with Gasteiger partial charge in [0.05, 0.1) is 0 Å². The van der Waals surface area contributed by atoms with E-state index >= 15 is 0 Å². The van der Waals surface area contributed by atoms with Crippen molar-refractivity contribution >= 4 is 16.8 Å². The molecular weight excluding hydrogens is 305 g/mol. The SMILES string of the molecule is O=C(Cl)C(F)(F)C(F)(F)CCCCCCC(F)(F)F. The molecule has 0 rings (SSSR count). The molecule has 114 valence electrons. The molecule has 0 atom stereocenters. The summed E-state index contributed by atoms with van der Waals surface area (Å²) in [6.45, 7) is 0. The molecular formula is C10H12ClF7O. The van der Waals surface area contributed by atoms with Gasteiger partial charge in [-0.2, -0.15) is 30.7 Å². The van der Waals surface area contributed by atoms with E-state index in [9.17, 15) is 35.5 Å². The second kappa shape index (κ2) is 6.76. The van der Waals surface area contributed by atoms with Crippen LogP contribution in [0, 0.1) is 0 Å². The Morgan fingerprint density at radius 3 is 1.58 bits per heavy atom. The molecule has 0 bridgehead atoms. The van der Waals surface area contributed by atoms with Crippen molar-refractivity contribution in [3.05, 3.63) is 0 Å². The minimum atomic E-state index is -4.96. The zero-order valence-corrected chi connectivity index (χ0v) is 10.4. The van der Waals surface area contributed by atoms with Crippen LogP contribution in [0.2, 0.25) is 0 Å². The van der Waals surface area contributed by atoms with E-state index in [-0.39, 0.29) is 19.3 Å². The highest BCUT2D eigenvalue weighted by molar-refractivity contribution is 6.65. The van der Waals surface area contributed by atoms with Crippen molar-refractivity contribution in [2.24, 2.45) is 0 Å². The first-order valence-electron chi connectivity index (χ1n) is 5.42. The van der Waals surface area contributed by atoms with E-state index in [2.05, 4.69) is 11.6 Å². The van der Waals surface area contributed by atoms with Crippen molar-refractivity contribution in [1.29, 1.82) is 0 Å². The Labute approximate surface area is 110 Å². The number of rotatable bonds is 8. The summed E-state index contributed by atoms with van der Waals surface area (Å²) in [5.41, 5.74) is 0. The van der Waals surface area contributed by atoms with Crippen LogP contribution in [0.15, 0.2) is 0 Å². The quantitative estimate of drug-likeness (QED) is 0.353. The zero-order chi connectivity index (χ0) is 15.3. The van der Waals surface area contributed by atoms with Gasteiger partial charge in [0, 0.05) is 12.8 Å². The number of unbranched alkanes of at least 4 members (excludes halogenated alkanes) is 3. The van der Waals surface area contributed by atoms with Crippen molar-refractivity contribution in [3.8, 4) is 0 Å². The van der Waals surface area contributed by atoms with Crippen molar-refractivity contribution in [2.45, 2.75) is 56.5 Å². The minimum absolute atomic E-state index is 0.00399. The number of carbonyl (C=O) groups is 1. The van der Waals surface area contributed by atoms with Crippen LogP contribution in [0.5, 0.6) is 0 Å². The van der Waals surface area contributed by atoms with Gasteiger partial charge in [0.2, 0.25) is 0 Å². The molecule has 0 amide bonds. The van der Waals surface area contributed by atoms with Gasteiger partial charge in [-0.05, 0) is 24.4 Å². The normalized spacial score (nSPS) is 13.7. The molecule has 0 aromatic heterocycles. The summed E-state index contributed by atoms with van der Waals surface area (Å²) in [4.78, 5) is 10.2. The predicted octanol–water partition coefficient (Wildman–Crippen LogP) is 4.93. The number of carbonyl (C=O) groups excluding carboxylic acids is 1. The fourth-order valence-electron chi connectivity index (χ4n) is 1.33. The maximum Gasteiger partial charge on any atom is 0.389 e. The smallest absolute Gasteiger partial charge is 0.274 e. The summed E-state index contributed by atoms with van der Waals surface area (Å²) >= 11 is 4.37. The second-order valence-electron chi connectivity index (χ2n) is 4.08. The largest absolute Gasteiger partial charge is 0.389 e. The summed E-state index contributed by atoms with van der Waals surface area (Å²) in [7, 11) is 0. The lowest BCUT2D eigenvalue weighted by Gasteiger charge is -2.23. The van der Waals surface area contributed by atoms with Gasteiger partial charge in [-0.25, -0.2) is 0 Å². The Morgan fingerprint density at radius 2 is 1.21 bits per heavy atom. The number of alkyl halides is 7. The third kappa shape index (κ3) is 6.44. The highest BCUT2D eigenvalue weighted by Gasteiger charge is 2.60. The topological polar surface area (TPSA) is 17.1 Å². The van der Waals surface area contributed by atoms with Gasteiger partial charge in [-0.1, -0.05) is 12.8 Å². The maximum atomic E-state index is 12.9. The Morgan fingerprint density at radius 1 is 0.789 bits per heavy atom. The minimum Gasteiger partial charge on any atom is -0.274 e. The molecule has 0 aliphatic carbocycles. The van der Waals surface area contributed by atoms with Crippen LogP contribution in [0.3, 0.4) is 0 Å². The van der Waals surface area contributed by atoms with Gasteiger partial charge in [-0.3, -0.25) is 4.79 Å². The summed E-state index contributed by atoms with van der Waals surface area (Å²) in [6.07, 6.45) is -7.38. The lowest BCUT2D eigenvalue weighted by Crippen LogP contribution is -2.45. The molecule has 0 heterocycles. The first-order chi connectivity index (χ1) is 8.40. The predicted molar refractivity (Wildman–Crippen MR) is 54.5 cm³/mol. The average Bonchev–Trinajstić information content (AvgIpc) is 2.21. The standard InChI is InChI=1S/C10H12ClF7O/c11-7(19)10(17,18)8(12,13)5-3-1-2-4-6-9(14,15)16/h1-6H2. The van der Waals surface area contributed by atoms with E-state index in [1.807, 2.05) is 0 Å². The Balaban J connectivity index is 3.98. The van der Waals surface area contributed by atoms with Crippen LogP contribution in [0.1, 0.15) is 38.5 Å². The number of hydrogen-bond acceptors (Lipinski definition) is 1. The van der Waals surface area contributed by atoms with Crippen LogP contribution < -0.4 is 0 Å². The lowest BCUT2D eigenvalue weighted by molar-refractivity contribution is -0.204. The second-order valence-corrected chi connectivity index (χ2v) is 4.43. The fourth-order valence-corrected chi connectivity index (χ4v) is 1.47. The molecule has 0 aromatic carbocycles. The van der Waals surface area contributed by atoms with Gasteiger partial charge >= 0.3 is 18.0 Å². The number of halogens is 8. The number of hydrogen-bond donors (Lipinski definition) is 0. The van der Waals surface area contributed by atoms with E-state index in [1.54, 1.807) is 0 Å². The van der Waals surface area contributed by atoms with Gasteiger partial charge in [0.1, 0.15) is 0 Å².